The van der Waals surface area contributed by atoms with Crippen molar-refractivity contribution in [3.63, 3.8) is 0 Å². The van der Waals surface area contributed by atoms with Crippen molar-refractivity contribution < 1.29 is 13.2 Å². The Bertz CT molecular complexity index is 1750. The van der Waals surface area contributed by atoms with Crippen molar-refractivity contribution >= 4 is 37.8 Å². The summed E-state index contributed by atoms with van der Waals surface area (Å²) >= 11 is 0. The molecule has 0 saturated carbocycles. The standard InChI is InChI=1S/C25H23N5O4S/c1-30(2)35(32,33)17-10-8-14(9-11-17)22-20(21-23(27-22)28-25(26)29-24(21)31)18-12-15-6-4-5-7-16(15)13-19(18)34-3/h4-13H,1-3H3,(H4,26,27,28,29,31). The van der Waals surface area contributed by atoms with E-state index in [4.69, 9.17) is 10.5 Å². The normalized spacial score (nSPS) is 12.0. The zero-order valence-corrected chi connectivity index (χ0v) is 20.1. The Morgan fingerprint density at radius 3 is 2.26 bits per heavy atom. The maximum Gasteiger partial charge on any atom is 0.262 e. The maximum absolute atomic E-state index is 13.0. The topological polar surface area (TPSA) is 134 Å². The minimum Gasteiger partial charge on any atom is -0.496 e. The molecule has 0 unspecified atom stereocenters. The lowest BCUT2D eigenvalue weighted by Gasteiger charge is -2.13. The molecule has 178 valence electrons. The minimum atomic E-state index is -3.59. The number of fused-ring (bicyclic) bond motifs is 2. The van der Waals surface area contributed by atoms with Gasteiger partial charge in [0, 0.05) is 25.2 Å². The van der Waals surface area contributed by atoms with Gasteiger partial charge in [0.1, 0.15) is 11.4 Å². The molecule has 0 atom stereocenters. The average molecular weight is 490 g/mol. The fourth-order valence-corrected chi connectivity index (χ4v) is 5.09. The largest absolute Gasteiger partial charge is 0.496 e. The fraction of sp³-hybridized carbons (Fsp3) is 0.120. The summed E-state index contributed by atoms with van der Waals surface area (Å²) in [7, 11) is 0.941. The number of nitrogens with one attached hydrogen (secondary N) is 2. The molecule has 3 aromatic carbocycles. The van der Waals surface area contributed by atoms with Gasteiger partial charge in [0.2, 0.25) is 16.0 Å². The first kappa shape index (κ1) is 22.6. The number of benzene rings is 3. The first-order valence-corrected chi connectivity index (χ1v) is 12.2. The molecule has 0 saturated heterocycles. The van der Waals surface area contributed by atoms with Gasteiger partial charge in [-0.05, 0) is 40.6 Å². The highest BCUT2D eigenvalue weighted by Gasteiger charge is 2.23. The van der Waals surface area contributed by atoms with Crippen LogP contribution in [0.2, 0.25) is 0 Å². The number of methoxy groups -OCH3 is 1. The summed E-state index contributed by atoms with van der Waals surface area (Å²) in [5, 5.41) is 2.28. The van der Waals surface area contributed by atoms with Crippen LogP contribution in [-0.2, 0) is 10.0 Å². The Morgan fingerprint density at radius 2 is 1.63 bits per heavy atom. The predicted molar refractivity (Wildman–Crippen MR) is 137 cm³/mol. The van der Waals surface area contributed by atoms with E-state index in [1.807, 2.05) is 36.4 Å². The molecule has 0 amide bonds. The molecule has 0 aliphatic carbocycles. The smallest absolute Gasteiger partial charge is 0.262 e. The maximum atomic E-state index is 13.0. The van der Waals surface area contributed by atoms with Gasteiger partial charge in [0.05, 0.1) is 23.1 Å². The number of nitrogen functional groups attached to an aromatic ring is 1. The number of nitrogens with zero attached hydrogens (tertiary/aromatic N) is 2. The quantitative estimate of drug-likeness (QED) is 0.345. The van der Waals surface area contributed by atoms with Crippen molar-refractivity contribution in [2.45, 2.75) is 4.90 Å². The molecule has 10 heteroatoms. The van der Waals surface area contributed by atoms with Gasteiger partial charge in [-0.3, -0.25) is 9.78 Å². The van der Waals surface area contributed by atoms with Crippen LogP contribution >= 0.6 is 0 Å². The lowest BCUT2D eigenvalue weighted by molar-refractivity contribution is 0.417. The number of ether oxygens (including phenoxy) is 1. The molecule has 2 aromatic heterocycles. The third kappa shape index (κ3) is 3.72. The Hall–Kier alpha value is -4.15. The second-order valence-corrected chi connectivity index (χ2v) is 10.4. The van der Waals surface area contributed by atoms with Gasteiger partial charge in [0.25, 0.3) is 5.56 Å². The van der Waals surface area contributed by atoms with Crippen molar-refractivity contribution in [3.05, 3.63) is 71.0 Å². The van der Waals surface area contributed by atoms with E-state index in [-0.39, 0.29) is 10.8 Å². The van der Waals surface area contributed by atoms with Crippen LogP contribution in [0.1, 0.15) is 0 Å². The Kier molecular flexibility index (Phi) is 5.34. The van der Waals surface area contributed by atoms with Gasteiger partial charge < -0.3 is 15.5 Å². The number of hydrogen-bond acceptors (Lipinski definition) is 6. The van der Waals surface area contributed by atoms with E-state index >= 15 is 0 Å². The molecule has 0 aliphatic rings. The fourth-order valence-electron chi connectivity index (χ4n) is 4.19. The van der Waals surface area contributed by atoms with Crippen LogP contribution < -0.4 is 16.0 Å². The molecule has 0 spiro atoms. The van der Waals surface area contributed by atoms with Crippen LogP contribution in [0.4, 0.5) is 5.95 Å². The van der Waals surface area contributed by atoms with Crippen LogP contribution in [0.25, 0.3) is 44.2 Å². The van der Waals surface area contributed by atoms with Gasteiger partial charge in [-0.2, -0.15) is 4.98 Å². The Labute approximate surface area is 201 Å². The highest BCUT2D eigenvalue weighted by atomic mass is 32.2. The molecule has 9 nitrogen and oxygen atoms in total. The van der Waals surface area contributed by atoms with E-state index in [0.717, 1.165) is 15.1 Å². The summed E-state index contributed by atoms with van der Waals surface area (Å²) in [5.74, 6) is 0.564. The van der Waals surface area contributed by atoms with Gasteiger partial charge >= 0.3 is 0 Å². The molecule has 5 rings (SSSR count). The SMILES string of the molecule is COc1cc2ccccc2cc1-c1c(-c2ccc(S(=O)(=O)N(C)C)cc2)[nH]c2nc(N)[nH]c(=O)c12. The molecule has 4 N–H and O–H groups in total. The summed E-state index contributed by atoms with van der Waals surface area (Å²) in [6.45, 7) is 0. The van der Waals surface area contributed by atoms with E-state index in [9.17, 15) is 13.2 Å². The zero-order chi connectivity index (χ0) is 24.9. The van der Waals surface area contributed by atoms with Gasteiger partial charge in [-0.1, -0.05) is 36.4 Å². The molecular formula is C25H23N5O4S. The second-order valence-electron chi connectivity index (χ2n) is 8.26. The molecule has 2 heterocycles. The highest BCUT2D eigenvalue weighted by Crippen LogP contribution is 2.42. The summed E-state index contributed by atoms with van der Waals surface area (Å²) < 4.78 is 31.9. The molecule has 35 heavy (non-hydrogen) atoms. The van der Waals surface area contributed by atoms with Crippen LogP contribution in [-0.4, -0.2) is 48.9 Å². The van der Waals surface area contributed by atoms with Gasteiger partial charge in [-0.15, -0.1) is 0 Å². The number of H-pyrrole nitrogens is 2. The number of aromatic nitrogens is 3. The third-order valence-electron chi connectivity index (χ3n) is 5.94. The molecule has 5 aromatic rings. The highest BCUT2D eigenvalue weighted by molar-refractivity contribution is 7.89. The van der Waals surface area contributed by atoms with E-state index in [2.05, 4.69) is 15.0 Å². The van der Waals surface area contributed by atoms with Crippen LogP contribution in [0.15, 0.2) is 70.4 Å². The number of sulfonamides is 1. The van der Waals surface area contributed by atoms with Crippen molar-refractivity contribution in [1.82, 2.24) is 19.3 Å². The molecule has 0 bridgehead atoms. The van der Waals surface area contributed by atoms with E-state index < -0.39 is 15.6 Å². The minimum absolute atomic E-state index is 0.0141. The molecular weight excluding hydrogens is 466 g/mol. The van der Waals surface area contributed by atoms with Crippen molar-refractivity contribution in [2.24, 2.45) is 0 Å². The average Bonchev–Trinajstić information content (AvgIpc) is 3.22. The second kappa shape index (κ2) is 8.26. The van der Waals surface area contributed by atoms with Crippen LogP contribution in [0, 0.1) is 0 Å². The first-order chi connectivity index (χ1) is 16.7. The summed E-state index contributed by atoms with van der Waals surface area (Å²) in [6.07, 6.45) is 0. The lowest BCUT2D eigenvalue weighted by Crippen LogP contribution is -2.22. The summed E-state index contributed by atoms with van der Waals surface area (Å²) in [4.78, 5) is 23.3. The van der Waals surface area contributed by atoms with Gasteiger partial charge in [0.15, 0.2) is 0 Å². The molecule has 0 fully saturated rings. The third-order valence-corrected chi connectivity index (χ3v) is 7.77. The van der Waals surface area contributed by atoms with Crippen LogP contribution in [0.3, 0.4) is 0 Å². The van der Waals surface area contributed by atoms with E-state index in [1.165, 1.54) is 26.2 Å². The Balaban J connectivity index is 1.83. The monoisotopic (exact) mass is 489 g/mol. The summed E-state index contributed by atoms with van der Waals surface area (Å²) in [6, 6.07) is 18.2. The number of hydrogen-bond donors (Lipinski definition) is 3. The molecule has 0 radical (unpaired) electrons. The van der Waals surface area contributed by atoms with Crippen molar-refractivity contribution in [1.29, 1.82) is 0 Å². The van der Waals surface area contributed by atoms with Crippen molar-refractivity contribution in [3.8, 4) is 28.1 Å². The lowest BCUT2D eigenvalue weighted by atomic mass is 9.96. The summed E-state index contributed by atoms with van der Waals surface area (Å²) in [5.41, 5.74) is 8.26. The Morgan fingerprint density at radius 1 is 0.971 bits per heavy atom. The van der Waals surface area contributed by atoms with Crippen molar-refractivity contribution in [2.75, 3.05) is 26.9 Å². The number of anilines is 1. The zero-order valence-electron chi connectivity index (χ0n) is 19.3. The molecule has 0 aliphatic heterocycles. The van der Waals surface area contributed by atoms with Gasteiger partial charge in [-0.25, -0.2) is 12.7 Å². The number of nitrogens with two attached hydrogens (primary N) is 1. The first-order valence-electron chi connectivity index (χ1n) is 10.7. The van der Waals surface area contributed by atoms with E-state index in [1.54, 1.807) is 19.2 Å². The number of aromatic amines is 2. The van der Waals surface area contributed by atoms with Crippen LogP contribution in [0.5, 0.6) is 5.75 Å². The number of rotatable bonds is 5. The van der Waals surface area contributed by atoms with E-state index in [0.29, 0.717) is 39.2 Å². The predicted octanol–water partition coefficient (Wildman–Crippen LogP) is 3.58.